The van der Waals surface area contributed by atoms with Gasteiger partial charge in [0.15, 0.2) is 0 Å². The van der Waals surface area contributed by atoms with Crippen molar-refractivity contribution < 1.29 is 17.9 Å². The fourth-order valence-electron chi connectivity index (χ4n) is 4.06. The summed E-state index contributed by atoms with van der Waals surface area (Å²) in [5.41, 5.74) is 1.57. The highest BCUT2D eigenvalue weighted by molar-refractivity contribution is 7.89. The van der Waals surface area contributed by atoms with Crippen LogP contribution in [0, 0.1) is 0 Å². The minimum atomic E-state index is -3.85. The molecule has 0 bridgehead atoms. The number of carbonyl (C=O) groups is 1. The molecule has 9 heteroatoms. The van der Waals surface area contributed by atoms with Crippen molar-refractivity contribution in [2.24, 2.45) is 0 Å². The van der Waals surface area contributed by atoms with E-state index in [0.29, 0.717) is 25.3 Å². The van der Waals surface area contributed by atoms with Gasteiger partial charge in [-0.1, -0.05) is 41.9 Å². The Balaban J connectivity index is 1.38. The van der Waals surface area contributed by atoms with E-state index in [1.165, 1.54) is 17.7 Å². The first-order valence-corrected chi connectivity index (χ1v) is 12.7. The fraction of sp³-hybridized carbons (Fsp3) is 0.435. The summed E-state index contributed by atoms with van der Waals surface area (Å²) in [4.78, 5) is 17.0. The molecule has 0 unspecified atom stereocenters. The predicted molar refractivity (Wildman–Crippen MR) is 123 cm³/mol. The normalized spacial score (nSPS) is 19.9. The van der Waals surface area contributed by atoms with Gasteiger partial charge in [0, 0.05) is 51.4 Å². The van der Waals surface area contributed by atoms with Gasteiger partial charge < -0.3 is 9.64 Å². The van der Waals surface area contributed by atoms with E-state index in [1.54, 1.807) is 11.0 Å². The van der Waals surface area contributed by atoms with Gasteiger partial charge in [0.25, 0.3) is 5.91 Å². The van der Waals surface area contributed by atoms with Gasteiger partial charge in [-0.2, -0.15) is 0 Å². The quantitative estimate of drug-likeness (QED) is 0.663. The van der Waals surface area contributed by atoms with Gasteiger partial charge in [-0.15, -0.1) is 0 Å². The summed E-state index contributed by atoms with van der Waals surface area (Å²) < 4.78 is 33.6. The molecule has 0 aromatic heterocycles. The molecular weight excluding hydrogens is 450 g/mol. The predicted octanol–water partition coefficient (Wildman–Crippen LogP) is 2.76. The minimum Gasteiger partial charge on any atom is -0.377 e. The zero-order valence-corrected chi connectivity index (χ0v) is 19.4. The molecule has 2 saturated heterocycles. The van der Waals surface area contributed by atoms with Crippen LogP contribution in [0.15, 0.2) is 53.4 Å². The van der Waals surface area contributed by atoms with Crippen LogP contribution in [0.1, 0.15) is 28.8 Å². The lowest BCUT2D eigenvalue weighted by Gasteiger charge is -2.34. The molecule has 0 saturated carbocycles. The Morgan fingerprint density at radius 2 is 1.84 bits per heavy atom. The maximum absolute atomic E-state index is 13.1. The molecule has 1 atom stereocenters. The van der Waals surface area contributed by atoms with Gasteiger partial charge in [0.05, 0.1) is 11.1 Å². The number of carbonyl (C=O) groups excluding carboxylic acids is 1. The molecule has 2 aromatic carbocycles. The molecule has 0 radical (unpaired) electrons. The molecule has 1 amide bonds. The summed E-state index contributed by atoms with van der Waals surface area (Å²) in [5, 5.41) is 0.0917. The Morgan fingerprint density at radius 3 is 2.53 bits per heavy atom. The maximum atomic E-state index is 13.1. The topological polar surface area (TPSA) is 78.9 Å². The largest absolute Gasteiger partial charge is 0.377 e. The number of rotatable bonds is 7. The minimum absolute atomic E-state index is 0.0780. The van der Waals surface area contributed by atoms with Crippen molar-refractivity contribution in [3.63, 3.8) is 0 Å². The summed E-state index contributed by atoms with van der Waals surface area (Å²) in [7, 11) is -3.85. The summed E-state index contributed by atoms with van der Waals surface area (Å²) in [5.74, 6) is -0.184. The molecule has 32 heavy (non-hydrogen) atoms. The SMILES string of the molecule is O=C(c1ccc(Cl)c(S(=O)(=O)NC[C@H]2CCCO2)c1)N1CCN(Cc2ccccc2)CC1. The Labute approximate surface area is 194 Å². The smallest absolute Gasteiger partial charge is 0.253 e. The van der Waals surface area contributed by atoms with Crippen LogP contribution in [0.5, 0.6) is 0 Å². The molecule has 0 aliphatic carbocycles. The highest BCUT2D eigenvalue weighted by atomic mass is 35.5. The summed E-state index contributed by atoms with van der Waals surface area (Å²) in [6.45, 7) is 4.41. The average molecular weight is 478 g/mol. The first-order chi connectivity index (χ1) is 15.4. The van der Waals surface area contributed by atoms with Crippen molar-refractivity contribution in [1.82, 2.24) is 14.5 Å². The van der Waals surface area contributed by atoms with E-state index in [4.69, 9.17) is 16.3 Å². The first-order valence-electron chi connectivity index (χ1n) is 10.9. The standard InChI is InChI=1S/C23H28ClN3O4S/c24-21-9-8-19(15-22(21)32(29,30)25-16-20-7-4-14-31-20)23(28)27-12-10-26(11-13-27)17-18-5-2-1-3-6-18/h1-3,5-6,8-9,15,20,25H,4,7,10-14,16-17H2/t20-/m1/s1. The molecule has 4 rings (SSSR count). The zero-order valence-electron chi connectivity index (χ0n) is 17.9. The number of piperazine rings is 1. The van der Waals surface area contributed by atoms with E-state index < -0.39 is 10.0 Å². The number of amides is 1. The molecule has 172 valence electrons. The van der Waals surface area contributed by atoms with Crippen molar-refractivity contribution in [3.8, 4) is 0 Å². The number of hydrogen-bond acceptors (Lipinski definition) is 5. The molecule has 2 aliphatic rings. The second kappa shape index (κ2) is 10.3. The van der Waals surface area contributed by atoms with Crippen molar-refractivity contribution in [2.75, 3.05) is 39.3 Å². The molecule has 2 heterocycles. The second-order valence-corrected chi connectivity index (χ2v) is 10.3. The number of benzene rings is 2. The second-order valence-electron chi connectivity index (χ2n) is 8.19. The van der Waals surface area contributed by atoms with Gasteiger partial charge in [-0.25, -0.2) is 13.1 Å². The molecule has 1 N–H and O–H groups in total. The van der Waals surface area contributed by atoms with Crippen LogP contribution < -0.4 is 4.72 Å². The molecule has 0 spiro atoms. The number of halogens is 1. The average Bonchev–Trinajstić information content (AvgIpc) is 3.33. The third-order valence-corrected chi connectivity index (χ3v) is 7.81. The van der Waals surface area contributed by atoms with Gasteiger partial charge in [0.2, 0.25) is 10.0 Å². The number of hydrogen-bond donors (Lipinski definition) is 1. The number of sulfonamides is 1. The van der Waals surface area contributed by atoms with E-state index in [-0.39, 0.29) is 28.5 Å². The lowest BCUT2D eigenvalue weighted by molar-refractivity contribution is 0.0628. The van der Waals surface area contributed by atoms with E-state index in [0.717, 1.165) is 32.5 Å². The summed E-state index contributed by atoms with van der Waals surface area (Å²) >= 11 is 6.18. The van der Waals surface area contributed by atoms with Crippen LogP contribution in [-0.2, 0) is 21.3 Å². The highest BCUT2D eigenvalue weighted by Gasteiger charge is 2.26. The fourth-order valence-corrected chi connectivity index (χ4v) is 5.65. The third kappa shape index (κ3) is 5.68. The number of ether oxygens (including phenoxy) is 1. The first kappa shape index (κ1) is 23.2. The Morgan fingerprint density at radius 1 is 1.09 bits per heavy atom. The Hall–Kier alpha value is -1.97. The lowest BCUT2D eigenvalue weighted by atomic mass is 10.1. The van der Waals surface area contributed by atoms with Crippen LogP contribution in [-0.4, -0.2) is 69.6 Å². The number of nitrogens with one attached hydrogen (secondary N) is 1. The van der Waals surface area contributed by atoms with Crippen molar-refractivity contribution in [3.05, 3.63) is 64.7 Å². The van der Waals surface area contributed by atoms with Gasteiger partial charge in [-0.3, -0.25) is 9.69 Å². The molecule has 7 nitrogen and oxygen atoms in total. The monoisotopic (exact) mass is 477 g/mol. The maximum Gasteiger partial charge on any atom is 0.253 e. The molecule has 2 fully saturated rings. The van der Waals surface area contributed by atoms with E-state index >= 15 is 0 Å². The van der Waals surface area contributed by atoms with E-state index in [1.807, 2.05) is 18.2 Å². The summed E-state index contributed by atoms with van der Waals surface area (Å²) in [6, 6.07) is 14.7. The van der Waals surface area contributed by atoms with Crippen LogP contribution >= 0.6 is 11.6 Å². The Kier molecular flexibility index (Phi) is 7.48. The van der Waals surface area contributed by atoms with Crippen LogP contribution in [0.2, 0.25) is 5.02 Å². The third-order valence-electron chi connectivity index (χ3n) is 5.90. The van der Waals surface area contributed by atoms with Gasteiger partial charge in [0.1, 0.15) is 4.90 Å². The van der Waals surface area contributed by atoms with Gasteiger partial charge >= 0.3 is 0 Å². The van der Waals surface area contributed by atoms with Crippen molar-refractivity contribution >= 4 is 27.5 Å². The van der Waals surface area contributed by atoms with Crippen LogP contribution in [0.3, 0.4) is 0 Å². The van der Waals surface area contributed by atoms with Crippen molar-refractivity contribution in [1.29, 1.82) is 0 Å². The molecule has 2 aromatic rings. The summed E-state index contributed by atoms with van der Waals surface area (Å²) in [6.07, 6.45) is 1.63. The molecule has 2 aliphatic heterocycles. The van der Waals surface area contributed by atoms with Crippen LogP contribution in [0.25, 0.3) is 0 Å². The van der Waals surface area contributed by atoms with Crippen molar-refractivity contribution in [2.45, 2.75) is 30.4 Å². The van der Waals surface area contributed by atoms with Crippen LogP contribution in [0.4, 0.5) is 0 Å². The lowest BCUT2D eigenvalue weighted by Crippen LogP contribution is -2.48. The Bertz CT molecular complexity index is 1030. The molecular formula is C23H28ClN3O4S. The zero-order chi connectivity index (χ0) is 22.6. The van der Waals surface area contributed by atoms with Gasteiger partial charge in [-0.05, 0) is 36.6 Å². The van der Waals surface area contributed by atoms with E-state index in [2.05, 4.69) is 21.8 Å². The highest BCUT2D eigenvalue weighted by Crippen LogP contribution is 2.24. The van der Waals surface area contributed by atoms with E-state index in [9.17, 15) is 13.2 Å². The number of nitrogens with zero attached hydrogens (tertiary/aromatic N) is 2.